The van der Waals surface area contributed by atoms with Gasteiger partial charge in [0.25, 0.3) is 0 Å². The van der Waals surface area contributed by atoms with Gasteiger partial charge in [0.1, 0.15) is 0 Å². The Morgan fingerprint density at radius 3 is 1.61 bits per heavy atom. The summed E-state index contributed by atoms with van der Waals surface area (Å²) in [5.74, 6) is 1.94. The van der Waals surface area contributed by atoms with E-state index >= 15 is 0 Å². The standard InChI is InChI=1S/C40H26N4/c1-3-10-27(11-4-1)34-15-7-17-36-35(34)16-8-18-37(36)40-43-38(28-12-5-2-6-13-28)42-39(44-40)32-22-21-29-24-31(20-19-30(29)25-32)33-14-9-23-41-26-33/h1-26H. The van der Waals surface area contributed by atoms with Gasteiger partial charge in [-0.15, -0.1) is 0 Å². The second kappa shape index (κ2) is 11.0. The van der Waals surface area contributed by atoms with E-state index in [1.165, 1.54) is 11.1 Å². The lowest BCUT2D eigenvalue weighted by molar-refractivity contribution is 1.08. The first kappa shape index (κ1) is 25.7. The van der Waals surface area contributed by atoms with E-state index in [-0.39, 0.29) is 0 Å². The average Bonchev–Trinajstić information content (AvgIpc) is 3.11. The number of fused-ring (bicyclic) bond motifs is 2. The number of benzene rings is 6. The molecule has 8 rings (SSSR count). The third-order valence-electron chi connectivity index (χ3n) is 8.01. The van der Waals surface area contributed by atoms with E-state index in [4.69, 9.17) is 15.0 Å². The van der Waals surface area contributed by atoms with Gasteiger partial charge in [0.15, 0.2) is 17.5 Å². The minimum atomic E-state index is 0.642. The van der Waals surface area contributed by atoms with Crippen molar-refractivity contribution in [1.29, 1.82) is 0 Å². The Morgan fingerprint density at radius 1 is 0.341 bits per heavy atom. The summed E-state index contributed by atoms with van der Waals surface area (Å²) in [4.78, 5) is 19.4. The number of nitrogens with zero attached hydrogens (tertiary/aromatic N) is 4. The molecule has 0 saturated heterocycles. The van der Waals surface area contributed by atoms with Crippen molar-refractivity contribution in [2.24, 2.45) is 0 Å². The van der Waals surface area contributed by atoms with Crippen LogP contribution in [0.1, 0.15) is 0 Å². The van der Waals surface area contributed by atoms with Gasteiger partial charge in [-0.1, -0.05) is 127 Å². The molecule has 0 N–H and O–H groups in total. The molecule has 2 heterocycles. The first-order valence-corrected chi connectivity index (χ1v) is 14.6. The highest BCUT2D eigenvalue weighted by Gasteiger charge is 2.16. The smallest absolute Gasteiger partial charge is 0.164 e. The second-order valence-corrected chi connectivity index (χ2v) is 10.8. The highest BCUT2D eigenvalue weighted by molar-refractivity contribution is 6.03. The van der Waals surface area contributed by atoms with Crippen LogP contribution in [-0.2, 0) is 0 Å². The Morgan fingerprint density at radius 2 is 0.909 bits per heavy atom. The summed E-state index contributed by atoms with van der Waals surface area (Å²) in [5, 5.41) is 4.53. The molecule has 0 amide bonds. The van der Waals surface area contributed by atoms with Gasteiger partial charge in [0.05, 0.1) is 0 Å². The van der Waals surface area contributed by atoms with Gasteiger partial charge in [-0.3, -0.25) is 4.98 Å². The number of aromatic nitrogens is 4. The molecule has 4 nitrogen and oxygen atoms in total. The monoisotopic (exact) mass is 562 g/mol. The maximum Gasteiger partial charge on any atom is 0.164 e. The number of hydrogen-bond donors (Lipinski definition) is 0. The summed E-state index contributed by atoms with van der Waals surface area (Å²) < 4.78 is 0. The SMILES string of the molecule is c1ccc(-c2nc(-c3ccc4cc(-c5cccnc5)ccc4c3)nc(-c3cccc4c(-c5ccccc5)cccc34)n2)cc1. The zero-order chi connectivity index (χ0) is 29.3. The van der Waals surface area contributed by atoms with Crippen molar-refractivity contribution in [3.63, 3.8) is 0 Å². The molecular formula is C40H26N4. The van der Waals surface area contributed by atoms with E-state index in [1.807, 2.05) is 48.7 Å². The maximum absolute atomic E-state index is 5.09. The summed E-state index contributed by atoms with van der Waals surface area (Å²) in [6.45, 7) is 0. The van der Waals surface area contributed by atoms with Crippen LogP contribution in [0, 0.1) is 0 Å². The predicted molar refractivity (Wildman–Crippen MR) is 180 cm³/mol. The zero-order valence-electron chi connectivity index (χ0n) is 23.8. The van der Waals surface area contributed by atoms with Crippen LogP contribution in [0.25, 0.3) is 78.0 Å². The normalized spacial score (nSPS) is 11.2. The van der Waals surface area contributed by atoms with E-state index in [1.54, 1.807) is 6.20 Å². The van der Waals surface area contributed by atoms with Gasteiger partial charge in [-0.25, -0.2) is 15.0 Å². The summed E-state index contributed by atoms with van der Waals surface area (Å²) in [6, 6.07) is 50.3. The molecule has 0 aliphatic heterocycles. The molecule has 0 unspecified atom stereocenters. The van der Waals surface area contributed by atoms with Gasteiger partial charge in [-0.05, 0) is 56.4 Å². The van der Waals surface area contributed by atoms with E-state index in [2.05, 4.69) is 108 Å². The van der Waals surface area contributed by atoms with Crippen LogP contribution < -0.4 is 0 Å². The molecule has 0 saturated carbocycles. The van der Waals surface area contributed by atoms with Crippen molar-refractivity contribution in [3.05, 3.63) is 158 Å². The Kier molecular flexibility index (Phi) is 6.43. The van der Waals surface area contributed by atoms with Crippen molar-refractivity contribution in [2.75, 3.05) is 0 Å². The third-order valence-corrected chi connectivity index (χ3v) is 8.01. The molecular weight excluding hydrogens is 536 g/mol. The number of pyridine rings is 1. The Balaban J connectivity index is 1.29. The lowest BCUT2D eigenvalue weighted by atomic mass is 9.95. The number of rotatable bonds is 5. The fourth-order valence-electron chi connectivity index (χ4n) is 5.81. The first-order chi connectivity index (χ1) is 21.8. The number of hydrogen-bond acceptors (Lipinski definition) is 4. The summed E-state index contributed by atoms with van der Waals surface area (Å²) in [5.41, 5.74) is 7.46. The molecule has 0 fully saturated rings. The topological polar surface area (TPSA) is 51.6 Å². The van der Waals surface area contributed by atoms with E-state index in [9.17, 15) is 0 Å². The Bertz CT molecular complexity index is 2260. The van der Waals surface area contributed by atoms with Gasteiger partial charge in [0.2, 0.25) is 0 Å². The Labute approximate surface area is 255 Å². The highest BCUT2D eigenvalue weighted by atomic mass is 15.0. The Hall–Kier alpha value is -6.00. The molecule has 44 heavy (non-hydrogen) atoms. The molecule has 0 aliphatic rings. The molecule has 8 aromatic rings. The summed E-state index contributed by atoms with van der Waals surface area (Å²) in [7, 11) is 0. The zero-order valence-corrected chi connectivity index (χ0v) is 23.8. The molecule has 2 aromatic heterocycles. The quantitative estimate of drug-likeness (QED) is 0.209. The molecule has 0 bridgehead atoms. The van der Waals surface area contributed by atoms with Crippen molar-refractivity contribution >= 4 is 21.5 Å². The van der Waals surface area contributed by atoms with Crippen LogP contribution in [0.5, 0.6) is 0 Å². The van der Waals surface area contributed by atoms with Gasteiger partial charge < -0.3 is 0 Å². The molecule has 6 aromatic carbocycles. The van der Waals surface area contributed by atoms with E-state index in [0.717, 1.165) is 49.4 Å². The van der Waals surface area contributed by atoms with Crippen molar-refractivity contribution < 1.29 is 0 Å². The minimum absolute atomic E-state index is 0.642. The van der Waals surface area contributed by atoms with Crippen LogP contribution in [0.2, 0.25) is 0 Å². The second-order valence-electron chi connectivity index (χ2n) is 10.8. The van der Waals surface area contributed by atoms with E-state index in [0.29, 0.717) is 17.5 Å². The molecule has 4 heteroatoms. The average molecular weight is 563 g/mol. The summed E-state index contributed by atoms with van der Waals surface area (Å²) in [6.07, 6.45) is 3.69. The van der Waals surface area contributed by atoms with Crippen molar-refractivity contribution in [2.45, 2.75) is 0 Å². The molecule has 0 spiro atoms. The van der Waals surface area contributed by atoms with Crippen molar-refractivity contribution in [1.82, 2.24) is 19.9 Å². The van der Waals surface area contributed by atoms with Gasteiger partial charge in [-0.2, -0.15) is 0 Å². The fraction of sp³-hybridized carbons (Fsp3) is 0. The predicted octanol–water partition coefficient (Wildman–Crippen LogP) is 9.91. The third kappa shape index (κ3) is 4.79. The molecule has 0 aliphatic carbocycles. The lowest BCUT2D eigenvalue weighted by Crippen LogP contribution is -2.00. The maximum atomic E-state index is 5.09. The van der Waals surface area contributed by atoms with Crippen LogP contribution in [0.3, 0.4) is 0 Å². The lowest BCUT2D eigenvalue weighted by Gasteiger charge is -2.13. The molecule has 0 atom stereocenters. The van der Waals surface area contributed by atoms with Gasteiger partial charge in [0, 0.05) is 34.6 Å². The van der Waals surface area contributed by atoms with Gasteiger partial charge >= 0.3 is 0 Å². The van der Waals surface area contributed by atoms with E-state index < -0.39 is 0 Å². The highest BCUT2D eigenvalue weighted by Crippen LogP contribution is 2.35. The van der Waals surface area contributed by atoms with Crippen LogP contribution in [-0.4, -0.2) is 19.9 Å². The minimum Gasteiger partial charge on any atom is -0.264 e. The summed E-state index contributed by atoms with van der Waals surface area (Å²) >= 11 is 0. The van der Waals surface area contributed by atoms with Crippen LogP contribution >= 0.6 is 0 Å². The fourth-order valence-corrected chi connectivity index (χ4v) is 5.81. The van der Waals surface area contributed by atoms with Crippen LogP contribution in [0.15, 0.2) is 158 Å². The first-order valence-electron chi connectivity index (χ1n) is 14.6. The molecule has 206 valence electrons. The molecule has 0 radical (unpaired) electrons. The largest absolute Gasteiger partial charge is 0.264 e. The van der Waals surface area contributed by atoms with Crippen molar-refractivity contribution in [3.8, 4) is 56.4 Å². The van der Waals surface area contributed by atoms with Crippen LogP contribution in [0.4, 0.5) is 0 Å².